The number of pyridine rings is 2. The Morgan fingerprint density at radius 3 is 2.88 bits per heavy atom. The van der Waals surface area contributed by atoms with Crippen LogP contribution < -0.4 is 4.74 Å². The van der Waals surface area contributed by atoms with Gasteiger partial charge in [0.2, 0.25) is 0 Å². The predicted molar refractivity (Wildman–Crippen MR) is 62.2 cm³/mol. The summed E-state index contributed by atoms with van der Waals surface area (Å²) in [6, 6.07) is 9.32. The van der Waals surface area contributed by atoms with Crippen molar-refractivity contribution in [3.05, 3.63) is 54.1 Å². The third-order valence-electron chi connectivity index (χ3n) is 2.31. The zero-order valence-corrected chi connectivity index (χ0v) is 9.37. The minimum atomic E-state index is -0.215. The zero-order chi connectivity index (χ0) is 12.1. The molecule has 17 heavy (non-hydrogen) atoms. The fourth-order valence-electron chi connectivity index (χ4n) is 1.43. The summed E-state index contributed by atoms with van der Waals surface area (Å²) in [4.78, 5) is 8.15. The number of aromatic nitrogens is 2. The summed E-state index contributed by atoms with van der Waals surface area (Å²) in [5, 5.41) is 8.93. The fraction of sp³-hybridized carbons (Fsp3) is 0.154. The summed E-state index contributed by atoms with van der Waals surface area (Å²) in [5.41, 5.74) is 1.29. The van der Waals surface area contributed by atoms with Gasteiger partial charge in [-0.3, -0.25) is 9.97 Å². The Bertz CT molecular complexity index is 534. The van der Waals surface area contributed by atoms with Crippen molar-refractivity contribution in [3.63, 3.8) is 0 Å². The maximum absolute atomic E-state index is 8.93. The van der Waals surface area contributed by atoms with Gasteiger partial charge >= 0.3 is 0 Å². The normalized spacial score (nSPS) is 11.5. The Hall–Kier alpha value is -2.41. The lowest BCUT2D eigenvalue weighted by Crippen LogP contribution is -2.06. The van der Waals surface area contributed by atoms with Crippen molar-refractivity contribution in [1.29, 1.82) is 5.26 Å². The molecule has 0 saturated carbocycles. The van der Waals surface area contributed by atoms with Crippen molar-refractivity contribution in [2.24, 2.45) is 0 Å². The molecule has 0 aliphatic heterocycles. The van der Waals surface area contributed by atoms with Gasteiger partial charge in [-0.2, -0.15) is 5.26 Å². The van der Waals surface area contributed by atoms with E-state index in [0.717, 1.165) is 5.69 Å². The SMILES string of the molecule is C[C@@H](Oc1cnccc1C#N)c1ccccn1. The minimum Gasteiger partial charge on any atom is -0.481 e. The van der Waals surface area contributed by atoms with Crippen molar-refractivity contribution < 1.29 is 4.74 Å². The maximum Gasteiger partial charge on any atom is 0.156 e. The molecule has 0 spiro atoms. The van der Waals surface area contributed by atoms with Crippen LogP contribution in [0.4, 0.5) is 0 Å². The molecule has 0 amide bonds. The molecule has 2 heterocycles. The molecule has 2 aromatic heterocycles. The van der Waals surface area contributed by atoms with E-state index in [9.17, 15) is 0 Å². The van der Waals surface area contributed by atoms with Gasteiger partial charge in [0.15, 0.2) is 5.75 Å². The summed E-state index contributed by atoms with van der Waals surface area (Å²) in [5.74, 6) is 0.480. The highest BCUT2D eigenvalue weighted by molar-refractivity contribution is 5.40. The molecule has 2 rings (SSSR count). The highest BCUT2D eigenvalue weighted by Crippen LogP contribution is 2.22. The lowest BCUT2D eigenvalue weighted by atomic mass is 10.2. The largest absolute Gasteiger partial charge is 0.481 e. The summed E-state index contributed by atoms with van der Waals surface area (Å²) < 4.78 is 5.67. The van der Waals surface area contributed by atoms with E-state index in [1.807, 2.05) is 25.1 Å². The van der Waals surface area contributed by atoms with Crippen LogP contribution in [-0.4, -0.2) is 9.97 Å². The number of rotatable bonds is 3. The first-order valence-corrected chi connectivity index (χ1v) is 5.23. The predicted octanol–water partition coefficient (Wildman–Crippen LogP) is 2.49. The van der Waals surface area contributed by atoms with Crippen LogP contribution in [0.25, 0.3) is 0 Å². The average molecular weight is 225 g/mol. The van der Waals surface area contributed by atoms with Crippen LogP contribution >= 0.6 is 0 Å². The van der Waals surface area contributed by atoms with Crippen molar-refractivity contribution in [3.8, 4) is 11.8 Å². The van der Waals surface area contributed by atoms with E-state index in [1.165, 1.54) is 6.20 Å². The number of nitriles is 1. The van der Waals surface area contributed by atoms with Crippen LogP contribution in [0.5, 0.6) is 5.75 Å². The van der Waals surface area contributed by atoms with Gasteiger partial charge in [-0.15, -0.1) is 0 Å². The highest BCUT2D eigenvalue weighted by atomic mass is 16.5. The number of hydrogen-bond acceptors (Lipinski definition) is 4. The smallest absolute Gasteiger partial charge is 0.156 e. The molecule has 0 N–H and O–H groups in total. The first kappa shape index (κ1) is 11.1. The van der Waals surface area contributed by atoms with E-state index < -0.39 is 0 Å². The number of hydrogen-bond donors (Lipinski definition) is 0. The van der Waals surface area contributed by atoms with Gasteiger partial charge in [0, 0.05) is 12.4 Å². The van der Waals surface area contributed by atoms with Gasteiger partial charge in [0.1, 0.15) is 12.2 Å². The summed E-state index contributed by atoms with van der Waals surface area (Å²) in [6.07, 6.45) is 4.60. The first-order chi connectivity index (χ1) is 8.31. The second-order valence-electron chi connectivity index (χ2n) is 3.50. The van der Waals surface area contributed by atoms with Gasteiger partial charge in [-0.1, -0.05) is 6.07 Å². The van der Waals surface area contributed by atoms with Crippen LogP contribution in [0, 0.1) is 11.3 Å². The Balaban J connectivity index is 2.19. The van der Waals surface area contributed by atoms with Crippen molar-refractivity contribution in [2.75, 3.05) is 0 Å². The molecular formula is C13H11N3O. The third-order valence-corrected chi connectivity index (χ3v) is 2.31. The standard InChI is InChI=1S/C13H11N3O/c1-10(12-4-2-3-6-16-12)17-13-9-15-7-5-11(13)8-14/h2-7,9-10H,1H3/t10-/m1/s1. The van der Waals surface area contributed by atoms with Gasteiger partial charge < -0.3 is 4.74 Å². The molecule has 1 atom stereocenters. The number of ether oxygens (including phenoxy) is 1. The fourth-order valence-corrected chi connectivity index (χ4v) is 1.43. The maximum atomic E-state index is 8.93. The van der Waals surface area contributed by atoms with E-state index >= 15 is 0 Å². The van der Waals surface area contributed by atoms with Gasteiger partial charge in [-0.25, -0.2) is 0 Å². The Labute approximate surface area is 99.5 Å². The molecule has 0 bridgehead atoms. The van der Waals surface area contributed by atoms with Crippen molar-refractivity contribution >= 4 is 0 Å². The van der Waals surface area contributed by atoms with E-state index in [0.29, 0.717) is 11.3 Å². The summed E-state index contributed by atoms with van der Waals surface area (Å²) in [6.45, 7) is 1.89. The Kier molecular flexibility index (Phi) is 3.31. The molecular weight excluding hydrogens is 214 g/mol. The molecule has 2 aromatic rings. The summed E-state index contributed by atoms with van der Waals surface area (Å²) >= 11 is 0. The Morgan fingerprint density at radius 2 is 2.18 bits per heavy atom. The second kappa shape index (κ2) is 5.08. The second-order valence-corrected chi connectivity index (χ2v) is 3.50. The van der Waals surface area contributed by atoms with E-state index in [4.69, 9.17) is 10.00 Å². The van der Waals surface area contributed by atoms with E-state index in [2.05, 4.69) is 16.0 Å². The molecule has 0 unspecified atom stereocenters. The molecule has 0 radical (unpaired) electrons. The van der Waals surface area contributed by atoms with Gasteiger partial charge in [0.05, 0.1) is 17.5 Å². The molecule has 0 aliphatic carbocycles. The monoisotopic (exact) mass is 225 g/mol. The minimum absolute atomic E-state index is 0.215. The third kappa shape index (κ3) is 2.58. The van der Waals surface area contributed by atoms with E-state index in [-0.39, 0.29) is 6.10 Å². The Morgan fingerprint density at radius 1 is 1.29 bits per heavy atom. The van der Waals surface area contributed by atoms with Crippen LogP contribution in [-0.2, 0) is 0 Å². The quantitative estimate of drug-likeness (QED) is 0.805. The molecule has 84 valence electrons. The highest BCUT2D eigenvalue weighted by Gasteiger charge is 2.10. The number of nitrogens with zero attached hydrogens (tertiary/aromatic N) is 3. The first-order valence-electron chi connectivity index (χ1n) is 5.23. The molecule has 4 nitrogen and oxygen atoms in total. The zero-order valence-electron chi connectivity index (χ0n) is 9.37. The van der Waals surface area contributed by atoms with Gasteiger partial charge in [-0.05, 0) is 25.1 Å². The molecule has 0 fully saturated rings. The van der Waals surface area contributed by atoms with Crippen LogP contribution in [0.15, 0.2) is 42.9 Å². The topological polar surface area (TPSA) is 58.8 Å². The van der Waals surface area contributed by atoms with Crippen LogP contribution in [0.3, 0.4) is 0 Å². The molecule has 0 aliphatic rings. The van der Waals surface area contributed by atoms with Gasteiger partial charge in [0.25, 0.3) is 0 Å². The molecule has 0 aromatic carbocycles. The van der Waals surface area contributed by atoms with Crippen molar-refractivity contribution in [1.82, 2.24) is 9.97 Å². The lowest BCUT2D eigenvalue weighted by Gasteiger charge is -2.14. The van der Waals surface area contributed by atoms with Crippen LogP contribution in [0.2, 0.25) is 0 Å². The van der Waals surface area contributed by atoms with E-state index in [1.54, 1.807) is 18.5 Å². The van der Waals surface area contributed by atoms with Crippen molar-refractivity contribution in [2.45, 2.75) is 13.0 Å². The lowest BCUT2D eigenvalue weighted by molar-refractivity contribution is 0.220. The molecule has 4 heteroatoms. The summed E-state index contributed by atoms with van der Waals surface area (Å²) in [7, 11) is 0. The molecule has 0 saturated heterocycles. The average Bonchev–Trinajstić information content (AvgIpc) is 2.40. The van der Waals surface area contributed by atoms with Crippen LogP contribution in [0.1, 0.15) is 24.3 Å².